The first-order valence-corrected chi connectivity index (χ1v) is 5.26. The van der Waals surface area contributed by atoms with E-state index in [1.54, 1.807) is 29.2 Å². The number of carbonyl (C=O) groups is 2. The minimum Gasteiger partial charge on any atom is -0.366 e. The van der Waals surface area contributed by atoms with Crippen molar-refractivity contribution in [3.05, 3.63) is 35.4 Å². The van der Waals surface area contributed by atoms with Gasteiger partial charge in [-0.3, -0.25) is 9.59 Å². The maximum Gasteiger partial charge on any atom is 0.253 e. The number of benzene rings is 1. The highest BCUT2D eigenvalue weighted by Crippen LogP contribution is 2.26. The predicted molar refractivity (Wildman–Crippen MR) is 60.1 cm³/mol. The lowest BCUT2D eigenvalue weighted by atomic mass is 10.1. The van der Waals surface area contributed by atoms with Crippen LogP contribution in [0.5, 0.6) is 0 Å². The summed E-state index contributed by atoms with van der Waals surface area (Å²) in [5.74, 6) is -0.479. The second-order valence-corrected chi connectivity index (χ2v) is 4.09. The van der Waals surface area contributed by atoms with E-state index >= 15 is 0 Å². The standard InChI is InChI=1S/C12H14N2O2/c1-14(10-6-7-10)12(16)9-4-2-8(3-5-9)11(13)15/h2-5,10H,6-7H2,1H3,(H2,13,15). The van der Waals surface area contributed by atoms with Gasteiger partial charge in [0.05, 0.1) is 0 Å². The molecule has 84 valence electrons. The fourth-order valence-corrected chi connectivity index (χ4v) is 1.61. The van der Waals surface area contributed by atoms with E-state index in [1.165, 1.54) is 0 Å². The number of rotatable bonds is 3. The van der Waals surface area contributed by atoms with Crippen molar-refractivity contribution in [1.29, 1.82) is 0 Å². The topological polar surface area (TPSA) is 63.4 Å². The molecular weight excluding hydrogens is 204 g/mol. The van der Waals surface area contributed by atoms with E-state index in [4.69, 9.17) is 5.73 Å². The molecule has 4 heteroatoms. The van der Waals surface area contributed by atoms with Crippen LogP contribution < -0.4 is 5.73 Å². The normalized spacial score (nSPS) is 14.6. The Bertz CT molecular complexity index is 421. The fraction of sp³-hybridized carbons (Fsp3) is 0.333. The Hall–Kier alpha value is -1.84. The van der Waals surface area contributed by atoms with Crippen LogP contribution in [-0.4, -0.2) is 29.8 Å². The lowest BCUT2D eigenvalue weighted by Gasteiger charge is -2.16. The molecule has 1 aliphatic rings. The quantitative estimate of drug-likeness (QED) is 0.823. The van der Waals surface area contributed by atoms with Gasteiger partial charge in [0, 0.05) is 24.2 Å². The van der Waals surface area contributed by atoms with Crippen LogP contribution in [0.2, 0.25) is 0 Å². The molecule has 0 saturated heterocycles. The minimum absolute atomic E-state index is 0.00137. The molecule has 2 rings (SSSR count). The van der Waals surface area contributed by atoms with Crippen molar-refractivity contribution in [3.8, 4) is 0 Å². The SMILES string of the molecule is CN(C(=O)c1ccc(C(N)=O)cc1)C1CC1. The average Bonchev–Trinajstić information content (AvgIpc) is 3.11. The van der Waals surface area contributed by atoms with Crippen molar-refractivity contribution in [3.63, 3.8) is 0 Å². The third kappa shape index (κ3) is 2.05. The first-order valence-electron chi connectivity index (χ1n) is 5.26. The maximum atomic E-state index is 11.9. The maximum absolute atomic E-state index is 11.9. The Labute approximate surface area is 94.0 Å². The van der Waals surface area contributed by atoms with Crippen LogP contribution in [0.3, 0.4) is 0 Å². The first kappa shape index (κ1) is 10.7. The molecule has 1 aromatic carbocycles. The molecule has 4 nitrogen and oxygen atoms in total. The number of hydrogen-bond donors (Lipinski definition) is 1. The lowest BCUT2D eigenvalue weighted by molar-refractivity contribution is 0.0784. The van der Waals surface area contributed by atoms with Crippen LogP contribution in [0.25, 0.3) is 0 Å². The number of carbonyl (C=O) groups excluding carboxylic acids is 2. The zero-order valence-electron chi connectivity index (χ0n) is 9.14. The second-order valence-electron chi connectivity index (χ2n) is 4.09. The Morgan fingerprint density at radius 2 is 1.69 bits per heavy atom. The van der Waals surface area contributed by atoms with Crippen LogP contribution in [0.15, 0.2) is 24.3 Å². The van der Waals surface area contributed by atoms with Crippen LogP contribution in [0.4, 0.5) is 0 Å². The van der Waals surface area contributed by atoms with Crippen molar-refractivity contribution in [2.45, 2.75) is 18.9 Å². The summed E-state index contributed by atoms with van der Waals surface area (Å²) in [6, 6.07) is 6.83. The summed E-state index contributed by atoms with van der Waals surface area (Å²) in [5.41, 5.74) is 6.14. The molecule has 0 atom stereocenters. The van der Waals surface area contributed by atoms with E-state index in [-0.39, 0.29) is 5.91 Å². The zero-order chi connectivity index (χ0) is 11.7. The van der Waals surface area contributed by atoms with Crippen molar-refractivity contribution >= 4 is 11.8 Å². The van der Waals surface area contributed by atoms with Gasteiger partial charge in [0.1, 0.15) is 0 Å². The third-order valence-corrected chi connectivity index (χ3v) is 2.83. The van der Waals surface area contributed by atoms with E-state index in [1.807, 2.05) is 7.05 Å². The zero-order valence-corrected chi connectivity index (χ0v) is 9.14. The summed E-state index contributed by atoms with van der Waals surface area (Å²) in [6.45, 7) is 0. The van der Waals surface area contributed by atoms with Crippen LogP contribution in [0.1, 0.15) is 33.6 Å². The van der Waals surface area contributed by atoms with Gasteiger partial charge < -0.3 is 10.6 Å². The van der Waals surface area contributed by atoms with Crippen molar-refractivity contribution in [1.82, 2.24) is 4.90 Å². The molecule has 0 spiro atoms. The van der Waals surface area contributed by atoms with Gasteiger partial charge in [0.15, 0.2) is 0 Å². The van der Waals surface area contributed by atoms with Gasteiger partial charge in [-0.05, 0) is 37.1 Å². The molecule has 0 bridgehead atoms. The smallest absolute Gasteiger partial charge is 0.253 e. The molecular formula is C12H14N2O2. The van der Waals surface area contributed by atoms with Crippen molar-refractivity contribution in [2.75, 3.05) is 7.05 Å². The van der Waals surface area contributed by atoms with Gasteiger partial charge in [-0.15, -0.1) is 0 Å². The molecule has 1 aliphatic carbocycles. The van der Waals surface area contributed by atoms with Crippen LogP contribution in [0, 0.1) is 0 Å². The Kier molecular flexibility index (Phi) is 2.64. The van der Waals surface area contributed by atoms with E-state index in [2.05, 4.69) is 0 Å². The van der Waals surface area contributed by atoms with Gasteiger partial charge in [-0.1, -0.05) is 0 Å². The monoisotopic (exact) mass is 218 g/mol. The predicted octanol–water partition coefficient (Wildman–Crippen LogP) is 1.02. The van der Waals surface area contributed by atoms with Crippen molar-refractivity contribution < 1.29 is 9.59 Å². The molecule has 1 fully saturated rings. The number of hydrogen-bond acceptors (Lipinski definition) is 2. The third-order valence-electron chi connectivity index (χ3n) is 2.83. The van der Waals surface area contributed by atoms with Crippen LogP contribution in [-0.2, 0) is 0 Å². The van der Waals surface area contributed by atoms with Gasteiger partial charge in [-0.2, -0.15) is 0 Å². The summed E-state index contributed by atoms with van der Waals surface area (Å²) < 4.78 is 0. The van der Waals surface area contributed by atoms with Gasteiger partial charge in [-0.25, -0.2) is 0 Å². The van der Waals surface area contributed by atoms with Gasteiger partial charge >= 0.3 is 0 Å². The van der Waals surface area contributed by atoms with E-state index in [0.29, 0.717) is 17.2 Å². The highest BCUT2D eigenvalue weighted by molar-refractivity contribution is 5.97. The van der Waals surface area contributed by atoms with Crippen molar-refractivity contribution in [2.24, 2.45) is 5.73 Å². The molecule has 2 amide bonds. The largest absolute Gasteiger partial charge is 0.366 e. The fourth-order valence-electron chi connectivity index (χ4n) is 1.61. The summed E-state index contributed by atoms with van der Waals surface area (Å²) in [5, 5.41) is 0. The number of nitrogens with two attached hydrogens (primary N) is 1. The Morgan fingerprint density at radius 3 is 2.12 bits per heavy atom. The molecule has 1 saturated carbocycles. The minimum atomic E-state index is -0.477. The highest BCUT2D eigenvalue weighted by atomic mass is 16.2. The summed E-state index contributed by atoms with van der Waals surface area (Å²) >= 11 is 0. The summed E-state index contributed by atoms with van der Waals surface area (Å²) in [6.07, 6.45) is 2.17. The Morgan fingerprint density at radius 1 is 1.19 bits per heavy atom. The summed E-state index contributed by atoms with van der Waals surface area (Å²) in [7, 11) is 1.81. The molecule has 0 radical (unpaired) electrons. The van der Waals surface area contributed by atoms with Crippen LogP contribution >= 0.6 is 0 Å². The van der Waals surface area contributed by atoms with E-state index in [9.17, 15) is 9.59 Å². The van der Waals surface area contributed by atoms with E-state index < -0.39 is 5.91 Å². The molecule has 0 aliphatic heterocycles. The van der Waals surface area contributed by atoms with Gasteiger partial charge in [0.2, 0.25) is 5.91 Å². The number of nitrogens with zero attached hydrogens (tertiary/aromatic N) is 1. The lowest BCUT2D eigenvalue weighted by Crippen LogP contribution is -2.28. The number of primary amides is 1. The van der Waals surface area contributed by atoms with E-state index in [0.717, 1.165) is 12.8 Å². The molecule has 0 aromatic heterocycles. The molecule has 16 heavy (non-hydrogen) atoms. The molecule has 1 aromatic rings. The summed E-state index contributed by atoms with van der Waals surface area (Å²) in [4.78, 5) is 24.5. The van der Waals surface area contributed by atoms with Gasteiger partial charge in [0.25, 0.3) is 5.91 Å². The molecule has 0 unspecified atom stereocenters. The highest BCUT2D eigenvalue weighted by Gasteiger charge is 2.29. The molecule has 2 N–H and O–H groups in total. The second kappa shape index (κ2) is 3.96. The first-order chi connectivity index (χ1) is 7.59. The molecule has 0 heterocycles. The number of amides is 2. The Balaban J connectivity index is 2.14. The average molecular weight is 218 g/mol.